The highest BCUT2D eigenvalue weighted by molar-refractivity contribution is 6.05. The van der Waals surface area contributed by atoms with Crippen molar-refractivity contribution in [2.24, 2.45) is 11.3 Å². The number of ketones is 1. The molecule has 3 atom stereocenters. The minimum absolute atomic E-state index is 0.00343. The third kappa shape index (κ3) is 2.24. The summed E-state index contributed by atoms with van der Waals surface area (Å²) in [6.45, 7) is 7.55. The van der Waals surface area contributed by atoms with E-state index in [1.54, 1.807) is 13.0 Å². The Hall–Kier alpha value is -1.68. The van der Waals surface area contributed by atoms with Crippen molar-refractivity contribution in [2.45, 2.75) is 32.8 Å². The van der Waals surface area contributed by atoms with Crippen LogP contribution < -0.4 is 0 Å². The number of fused-ring (bicyclic) bond motifs is 1. The SMILES string of the molecule is C=C(C(=O)OC)C1CC2=C(C)C(=O)C=CC2(C)CC1O. The first-order valence-electron chi connectivity index (χ1n) is 6.69. The van der Waals surface area contributed by atoms with E-state index in [1.807, 2.05) is 13.0 Å². The summed E-state index contributed by atoms with van der Waals surface area (Å²) in [7, 11) is 1.30. The number of esters is 1. The van der Waals surface area contributed by atoms with Gasteiger partial charge in [0, 0.05) is 16.9 Å². The number of aliphatic hydroxyl groups is 1. The summed E-state index contributed by atoms with van der Waals surface area (Å²) >= 11 is 0. The predicted molar refractivity (Wildman–Crippen MR) is 74.8 cm³/mol. The third-order valence-corrected chi connectivity index (χ3v) is 4.53. The summed E-state index contributed by atoms with van der Waals surface area (Å²) in [5, 5.41) is 10.3. The van der Waals surface area contributed by atoms with Crippen LogP contribution in [0.3, 0.4) is 0 Å². The van der Waals surface area contributed by atoms with Crippen LogP contribution in [0.2, 0.25) is 0 Å². The maximum absolute atomic E-state index is 11.8. The normalized spacial score (nSPS) is 32.9. The van der Waals surface area contributed by atoms with E-state index in [0.717, 1.165) is 5.57 Å². The molecule has 0 bridgehead atoms. The first-order valence-corrected chi connectivity index (χ1v) is 6.69. The molecule has 4 nitrogen and oxygen atoms in total. The number of hydrogen-bond donors (Lipinski definition) is 1. The summed E-state index contributed by atoms with van der Waals surface area (Å²) in [6, 6.07) is 0. The minimum atomic E-state index is -0.666. The fraction of sp³-hybridized carbons (Fsp3) is 0.500. The number of allylic oxidation sites excluding steroid dienone is 4. The number of aliphatic hydroxyl groups excluding tert-OH is 1. The molecule has 20 heavy (non-hydrogen) atoms. The van der Waals surface area contributed by atoms with Gasteiger partial charge in [-0.3, -0.25) is 4.79 Å². The Kier molecular flexibility index (Phi) is 3.69. The lowest BCUT2D eigenvalue weighted by atomic mass is 9.62. The van der Waals surface area contributed by atoms with Gasteiger partial charge in [-0.05, 0) is 31.4 Å². The monoisotopic (exact) mass is 276 g/mol. The minimum Gasteiger partial charge on any atom is -0.466 e. The van der Waals surface area contributed by atoms with E-state index in [2.05, 4.69) is 11.3 Å². The van der Waals surface area contributed by atoms with Gasteiger partial charge in [0.25, 0.3) is 0 Å². The molecular formula is C16H20O4. The average Bonchev–Trinajstić information content (AvgIpc) is 2.41. The van der Waals surface area contributed by atoms with Gasteiger partial charge in [-0.15, -0.1) is 0 Å². The van der Waals surface area contributed by atoms with Crippen LogP contribution in [-0.4, -0.2) is 30.1 Å². The first-order chi connectivity index (χ1) is 9.30. The number of carbonyl (C=O) groups excluding carboxylic acids is 2. The maximum atomic E-state index is 11.8. The molecule has 2 aliphatic carbocycles. The largest absolute Gasteiger partial charge is 0.466 e. The van der Waals surface area contributed by atoms with Gasteiger partial charge in [0.15, 0.2) is 5.78 Å². The Labute approximate surface area is 118 Å². The van der Waals surface area contributed by atoms with Gasteiger partial charge in [0.1, 0.15) is 0 Å². The Morgan fingerprint density at radius 1 is 1.55 bits per heavy atom. The van der Waals surface area contributed by atoms with Gasteiger partial charge in [-0.2, -0.15) is 0 Å². The quantitative estimate of drug-likeness (QED) is 0.618. The van der Waals surface area contributed by atoms with Gasteiger partial charge in [0.05, 0.1) is 13.2 Å². The van der Waals surface area contributed by atoms with Crippen molar-refractivity contribution in [3.8, 4) is 0 Å². The molecule has 0 aromatic rings. The molecule has 108 valence electrons. The number of methoxy groups -OCH3 is 1. The maximum Gasteiger partial charge on any atom is 0.333 e. The number of carbonyl (C=O) groups is 2. The summed E-state index contributed by atoms with van der Waals surface area (Å²) < 4.78 is 4.68. The lowest BCUT2D eigenvalue weighted by Gasteiger charge is -2.43. The van der Waals surface area contributed by atoms with Gasteiger partial charge >= 0.3 is 5.97 Å². The van der Waals surface area contributed by atoms with Gasteiger partial charge in [-0.1, -0.05) is 25.2 Å². The zero-order valence-corrected chi connectivity index (χ0v) is 12.1. The fourth-order valence-electron chi connectivity index (χ4n) is 3.21. The zero-order chi connectivity index (χ0) is 15.1. The van der Waals surface area contributed by atoms with Gasteiger partial charge in [0.2, 0.25) is 0 Å². The molecule has 0 aromatic heterocycles. The van der Waals surface area contributed by atoms with Gasteiger partial charge in [-0.25, -0.2) is 4.79 Å². The van der Waals surface area contributed by atoms with E-state index in [0.29, 0.717) is 18.4 Å². The van der Waals surface area contributed by atoms with Crippen LogP contribution in [0.4, 0.5) is 0 Å². The van der Waals surface area contributed by atoms with E-state index >= 15 is 0 Å². The zero-order valence-electron chi connectivity index (χ0n) is 12.1. The Bertz CT molecular complexity index is 541. The molecule has 3 unspecified atom stereocenters. The third-order valence-electron chi connectivity index (χ3n) is 4.53. The van der Waals surface area contributed by atoms with Crippen LogP contribution in [0.25, 0.3) is 0 Å². The lowest BCUT2D eigenvalue weighted by molar-refractivity contribution is -0.137. The molecule has 2 aliphatic rings. The molecule has 0 amide bonds. The van der Waals surface area contributed by atoms with Crippen molar-refractivity contribution in [3.63, 3.8) is 0 Å². The Morgan fingerprint density at radius 3 is 2.80 bits per heavy atom. The number of rotatable bonds is 2. The average molecular weight is 276 g/mol. The van der Waals surface area contributed by atoms with Crippen molar-refractivity contribution >= 4 is 11.8 Å². The van der Waals surface area contributed by atoms with Gasteiger partial charge < -0.3 is 9.84 Å². The molecular weight excluding hydrogens is 256 g/mol. The van der Waals surface area contributed by atoms with Crippen LogP contribution in [0, 0.1) is 11.3 Å². The highest BCUT2D eigenvalue weighted by Crippen LogP contribution is 2.49. The summed E-state index contributed by atoms with van der Waals surface area (Å²) in [4.78, 5) is 23.4. The molecule has 0 aromatic carbocycles. The fourth-order valence-corrected chi connectivity index (χ4v) is 3.21. The molecule has 1 saturated carbocycles. The van der Waals surface area contributed by atoms with E-state index < -0.39 is 12.1 Å². The van der Waals surface area contributed by atoms with Crippen LogP contribution in [0.15, 0.2) is 35.5 Å². The van der Waals surface area contributed by atoms with Crippen molar-refractivity contribution < 1.29 is 19.4 Å². The molecule has 0 aliphatic heterocycles. The molecule has 0 heterocycles. The molecule has 0 radical (unpaired) electrons. The van der Waals surface area contributed by atoms with Crippen molar-refractivity contribution in [1.29, 1.82) is 0 Å². The highest BCUT2D eigenvalue weighted by Gasteiger charge is 2.44. The number of ether oxygens (including phenoxy) is 1. The second-order valence-electron chi connectivity index (χ2n) is 5.82. The van der Waals surface area contributed by atoms with Crippen molar-refractivity contribution in [3.05, 3.63) is 35.5 Å². The second-order valence-corrected chi connectivity index (χ2v) is 5.82. The van der Waals surface area contributed by atoms with Crippen LogP contribution in [-0.2, 0) is 14.3 Å². The highest BCUT2D eigenvalue weighted by atomic mass is 16.5. The molecule has 1 N–H and O–H groups in total. The molecule has 2 rings (SSSR count). The van der Waals surface area contributed by atoms with E-state index in [1.165, 1.54) is 7.11 Å². The second kappa shape index (κ2) is 5.02. The molecule has 0 saturated heterocycles. The topological polar surface area (TPSA) is 63.6 Å². The summed E-state index contributed by atoms with van der Waals surface area (Å²) in [6.07, 6.45) is 3.71. The molecule has 1 fully saturated rings. The Balaban J connectivity index is 2.35. The van der Waals surface area contributed by atoms with E-state index in [4.69, 9.17) is 0 Å². The van der Waals surface area contributed by atoms with Crippen molar-refractivity contribution in [2.75, 3.05) is 7.11 Å². The van der Waals surface area contributed by atoms with E-state index in [9.17, 15) is 14.7 Å². The van der Waals surface area contributed by atoms with Crippen LogP contribution >= 0.6 is 0 Å². The van der Waals surface area contributed by atoms with E-state index in [-0.39, 0.29) is 22.7 Å². The molecule has 4 heteroatoms. The smallest absolute Gasteiger partial charge is 0.333 e. The standard InChI is InChI=1S/C16H20O4/c1-9(15(19)20-4)11-7-12-10(2)13(17)5-6-16(12,3)8-14(11)18/h5-6,11,14,18H,1,7-8H2,2-4H3. The van der Waals surface area contributed by atoms with Crippen molar-refractivity contribution in [1.82, 2.24) is 0 Å². The predicted octanol–water partition coefficient (Wildman–Crippen LogP) is 1.95. The first kappa shape index (κ1) is 14.7. The summed E-state index contributed by atoms with van der Waals surface area (Å²) in [5.41, 5.74) is 1.66. The van der Waals surface area contributed by atoms with Crippen LogP contribution in [0.5, 0.6) is 0 Å². The molecule has 0 spiro atoms. The summed E-state index contributed by atoms with van der Waals surface area (Å²) in [5.74, 6) is -0.898. The number of hydrogen-bond acceptors (Lipinski definition) is 4. The lowest BCUT2D eigenvalue weighted by Crippen LogP contribution is -2.40. The Morgan fingerprint density at radius 2 is 2.20 bits per heavy atom. The van der Waals surface area contributed by atoms with Crippen LogP contribution in [0.1, 0.15) is 26.7 Å².